The van der Waals surface area contributed by atoms with Gasteiger partial charge in [0.15, 0.2) is 0 Å². The second kappa shape index (κ2) is 6.87. The minimum atomic E-state index is -0.774. The number of benzene rings is 1. The number of carbonyl (C=O) groups is 1. The smallest absolute Gasteiger partial charge is 0.304 e. The largest absolute Gasteiger partial charge is 0.481 e. The Labute approximate surface area is 132 Å². The summed E-state index contributed by atoms with van der Waals surface area (Å²) in [6.07, 6.45) is 2.15. The number of hydrogen-bond donors (Lipinski definition) is 1. The highest BCUT2D eigenvalue weighted by Crippen LogP contribution is 2.16. The first-order chi connectivity index (χ1) is 9.95. The number of rotatable bonds is 6. The van der Waals surface area contributed by atoms with Crippen molar-refractivity contribution in [3.05, 3.63) is 46.2 Å². The second-order valence-electron chi connectivity index (χ2n) is 5.04. The van der Waals surface area contributed by atoms with E-state index in [9.17, 15) is 4.79 Å². The van der Waals surface area contributed by atoms with Gasteiger partial charge in [-0.05, 0) is 38.2 Å². The van der Waals surface area contributed by atoms with Crippen LogP contribution in [0.2, 0.25) is 0 Å². The van der Waals surface area contributed by atoms with E-state index in [1.54, 1.807) is 0 Å². The summed E-state index contributed by atoms with van der Waals surface area (Å²) in [5, 5.41) is 13.2. The molecule has 0 unspecified atom stereocenters. The van der Waals surface area contributed by atoms with E-state index >= 15 is 0 Å². The predicted molar refractivity (Wildman–Crippen MR) is 84.6 cm³/mol. The summed E-state index contributed by atoms with van der Waals surface area (Å²) in [4.78, 5) is 12.6. The van der Waals surface area contributed by atoms with Crippen LogP contribution < -0.4 is 0 Å². The SMILES string of the molecule is Cc1nn(-c2ccc(Br)cc2)cc1CN(C)CCC(=O)O. The molecule has 0 radical (unpaired) electrons. The Balaban J connectivity index is 2.08. The molecule has 0 aliphatic heterocycles. The molecule has 1 aromatic heterocycles. The number of aryl methyl sites for hydroxylation is 1. The van der Waals surface area contributed by atoms with Crippen LogP contribution in [0.25, 0.3) is 5.69 Å². The molecule has 0 atom stereocenters. The number of aromatic nitrogens is 2. The minimum absolute atomic E-state index is 0.149. The molecule has 1 heterocycles. The van der Waals surface area contributed by atoms with Gasteiger partial charge < -0.3 is 10.0 Å². The third-order valence-corrected chi connectivity index (χ3v) is 3.77. The van der Waals surface area contributed by atoms with E-state index in [0.717, 1.165) is 21.4 Å². The van der Waals surface area contributed by atoms with E-state index in [2.05, 4.69) is 21.0 Å². The van der Waals surface area contributed by atoms with E-state index in [4.69, 9.17) is 5.11 Å². The zero-order valence-electron chi connectivity index (χ0n) is 12.1. The molecule has 0 saturated carbocycles. The molecule has 2 aromatic rings. The summed E-state index contributed by atoms with van der Waals surface area (Å²) in [5.74, 6) is -0.774. The molecule has 0 amide bonds. The highest BCUT2D eigenvalue weighted by molar-refractivity contribution is 9.10. The molecule has 5 nitrogen and oxygen atoms in total. The van der Waals surface area contributed by atoms with Gasteiger partial charge in [-0.1, -0.05) is 15.9 Å². The van der Waals surface area contributed by atoms with Crippen molar-refractivity contribution in [3.63, 3.8) is 0 Å². The van der Waals surface area contributed by atoms with Gasteiger partial charge in [0, 0.05) is 29.3 Å². The summed E-state index contributed by atoms with van der Waals surface area (Å²) < 4.78 is 2.88. The van der Waals surface area contributed by atoms with Crippen molar-refractivity contribution in [1.82, 2.24) is 14.7 Å². The third-order valence-electron chi connectivity index (χ3n) is 3.24. The molecule has 1 N–H and O–H groups in total. The zero-order chi connectivity index (χ0) is 15.4. The van der Waals surface area contributed by atoms with Crippen molar-refractivity contribution >= 4 is 21.9 Å². The maximum Gasteiger partial charge on any atom is 0.304 e. The maximum absolute atomic E-state index is 10.6. The van der Waals surface area contributed by atoms with E-state index in [0.29, 0.717) is 13.1 Å². The molecule has 21 heavy (non-hydrogen) atoms. The van der Waals surface area contributed by atoms with Crippen LogP contribution in [0.1, 0.15) is 17.7 Å². The average molecular weight is 352 g/mol. The first-order valence-electron chi connectivity index (χ1n) is 6.67. The van der Waals surface area contributed by atoms with Gasteiger partial charge in [0.1, 0.15) is 0 Å². The van der Waals surface area contributed by atoms with Crippen molar-refractivity contribution in [1.29, 1.82) is 0 Å². The Hall–Kier alpha value is -1.66. The standard InChI is InChI=1S/C15H18BrN3O2/c1-11-12(9-18(2)8-7-15(20)21)10-19(17-11)14-5-3-13(16)4-6-14/h3-6,10H,7-9H2,1-2H3,(H,20,21). The van der Waals surface area contributed by atoms with Gasteiger partial charge in [-0.25, -0.2) is 4.68 Å². The lowest BCUT2D eigenvalue weighted by Crippen LogP contribution is -2.21. The maximum atomic E-state index is 10.6. The number of carboxylic acids is 1. The monoisotopic (exact) mass is 351 g/mol. The predicted octanol–water partition coefficient (Wildman–Crippen LogP) is 2.85. The van der Waals surface area contributed by atoms with Gasteiger partial charge in [-0.2, -0.15) is 5.10 Å². The van der Waals surface area contributed by atoms with Gasteiger partial charge in [-0.15, -0.1) is 0 Å². The van der Waals surface area contributed by atoms with Crippen molar-refractivity contribution in [2.45, 2.75) is 19.9 Å². The van der Waals surface area contributed by atoms with Gasteiger partial charge in [0.25, 0.3) is 0 Å². The molecular weight excluding hydrogens is 334 g/mol. The molecule has 0 aliphatic rings. The fraction of sp³-hybridized carbons (Fsp3) is 0.333. The molecule has 112 valence electrons. The molecule has 0 fully saturated rings. The van der Waals surface area contributed by atoms with Crippen molar-refractivity contribution in [3.8, 4) is 5.69 Å². The van der Waals surface area contributed by atoms with Gasteiger partial charge in [0.05, 0.1) is 17.8 Å². The van der Waals surface area contributed by atoms with E-state index in [1.165, 1.54) is 0 Å². The fourth-order valence-corrected chi connectivity index (χ4v) is 2.30. The van der Waals surface area contributed by atoms with Crippen LogP contribution in [-0.4, -0.2) is 39.3 Å². The van der Waals surface area contributed by atoms with Crippen LogP contribution in [0.3, 0.4) is 0 Å². The van der Waals surface area contributed by atoms with E-state index in [-0.39, 0.29) is 6.42 Å². The number of carboxylic acid groups (broad SMARTS) is 1. The van der Waals surface area contributed by atoms with Crippen LogP contribution in [0, 0.1) is 6.92 Å². The first kappa shape index (κ1) is 15.7. The summed E-state index contributed by atoms with van der Waals surface area (Å²) >= 11 is 3.42. The third kappa shape index (κ3) is 4.41. The lowest BCUT2D eigenvalue weighted by atomic mass is 10.2. The minimum Gasteiger partial charge on any atom is -0.481 e. The Kier molecular flexibility index (Phi) is 5.14. The highest BCUT2D eigenvalue weighted by atomic mass is 79.9. The van der Waals surface area contributed by atoms with Gasteiger partial charge in [0.2, 0.25) is 0 Å². The zero-order valence-corrected chi connectivity index (χ0v) is 13.7. The quantitative estimate of drug-likeness (QED) is 0.869. The molecule has 0 spiro atoms. The van der Waals surface area contributed by atoms with E-state index in [1.807, 2.05) is 54.0 Å². The normalized spacial score (nSPS) is 11.0. The Morgan fingerprint density at radius 3 is 2.67 bits per heavy atom. The molecule has 6 heteroatoms. The molecule has 0 aliphatic carbocycles. The molecule has 2 rings (SSSR count). The van der Waals surface area contributed by atoms with Gasteiger partial charge in [-0.3, -0.25) is 4.79 Å². The number of nitrogens with zero attached hydrogens (tertiary/aromatic N) is 3. The van der Waals surface area contributed by atoms with Crippen LogP contribution in [-0.2, 0) is 11.3 Å². The Morgan fingerprint density at radius 2 is 2.05 bits per heavy atom. The number of hydrogen-bond acceptors (Lipinski definition) is 3. The van der Waals surface area contributed by atoms with Crippen molar-refractivity contribution in [2.75, 3.05) is 13.6 Å². The summed E-state index contributed by atoms with van der Waals surface area (Å²) in [6, 6.07) is 7.94. The summed E-state index contributed by atoms with van der Waals surface area (Å²) in [5.41, 5.74) is 3.06. The van der Waals surface area contributed by atoms with Crippen molar-refractivity contribution in [2.24, 2.45) is 0 Å². The summed E-state index contributed by atoms with van der Waals surface area (Å²) in [6.45, 7) is 3.18. The summed E-state index contributed by atoms with van der Waals surface area (Å²) in [7, 11) is 1.92. The number of halogens is 1. The highest BCUT2D eigenvalue weighted by Gasteiger charge is 2.10. The molecular formula is C15H18BrN3O2. The lowest BCUT2D eigenvalue weighted by Gasteiger charge is -2.14. The van der Waals surface area contributed by atoms with Crippen LogP contribution in [0.5, 0.6) is 0 Å². The first-order valence-corrected chi connectivity index (χ1v) is 7.46. The molecule has 1 aromatic carbocycles. The van der Waals surface area contributed by atoms with E-state index < -0.39 is 5.97 Å². The Morgan fingerprint density at radius 1 is 1.38 bits per heavy atom. The van der Waals surface area contributed by atoms with Crippen molar-refractivity contribution < 1.29 is 9.90 Å². The number of aliphatic carboxylic acids is 1. The lowest BCUT2D eigenvalue weighted by molar-refractivity contribution is -0.137. The average Bonchev–Trinajstić information content (AvgIpc) is 2.78. The Bertz CT molecular complexity index is 622. The molecule has 0 bridgehead atoms. The second-order valence-corrected chi connectivity index (χ2v) is 5.96. The van der Waals surface area contributed by atoms with Crippen LogP contribution in [0.15, 0.2) is 34.9 Å². The van der Waals surface area contributed by atoms with Gasteiger partial charge >= 0.3 is 5.97 Å². The topological polar surface area (TPSA) is 58.4 Å². The fourth-order valence-electron chi connectivity index (χ4n) is 2.03. The van der Waals surface area contributed by atoms with Crippen LogP contribution in [0.4, 0.5) is 0 Å². The van der Waals surface area contributed by atoms with Crippen LogP contribution >= 0.6 is 15.9 Å². The molecule has 0 saturated heterocycles.